The third-order valence-electron chi connectivity index (χ3n) is 6.49. The molecule has 3 rings (SSSR count). The summed E-state index contributed by atoms with van der Waals surface area (Å²) in [6.07, 6.45) is 9.48. The van der Waals surface area contributed by atoms with Crippen molar-refractivity contribution >= 4 is 17.8 Å². The number of unbranched alkanes of at least 4 members (excludes halogenated alkanes) is 4. The van der Waals surface area contributed by atoms with E-state index in [4.69, 9.17) is 9.47 Å². The summed E-state index contributed by atoms with van der Waals surface area (Å²) in [5.41, 5.74) is 1.20. The smallest absolute Gasteiger partial charge is 0.337 e. The van der Waals surface area contributed by atoms with Gasteiger partial charge in [0.25, 0.3) is 0 Å². The first-order valence-corrected chi connectivity index (χ1v) is 12.0. The highest BCUT2D eigenvalue weighted by atomic mass is 16.5. The van der Waals surface area contributed by atoms with Crippen molar-refractivity contribution in [3.8, 4) is 0 Å². The van der Waals surface area contributed by atoms with E-state index in [9.17, 15) is 19.5 Å². The molecular formula is C26H35NO6. The van der Waals surface area contributed by atoms with Crippen LogP contribution in [0.4, 0.5) is 0 Å². The van der Waals surface area contributed by atoms with Crippen LogP contribution in [0.15, 0.2) is 36.1 Å². The van der Waals surface area contributed by atoms with E-state index in [0.29, 0.717) is 6.42 Å². The minimum atomic E-state index is -1.51. The Kier molecular flexibility index (Phi) is 8.53. The number of carboxylic acids is 1. The predicted octanol–water partition coefficient (Wildman–Crippen LogP) is 4.38. The van der Waals surface area contributed by atoms with Crippen molar-refractivity contribution in [1.29, 1.82) is 0 Å². The molecular weight excluding hydrogens is 422 g/mol. The Bertz CT molecular complexity index is 877. The number of hydrogen-bond acceptors (Lipinski definition) is 5. The van der Waals surface area contributed by atoms with Gasteiger partial charge >= 0.3 is 11.9 Å². The predicted molar refractivity (Wildman–Crippen MR) is 123 cm³/mol. The molecule has 33 heavy (non-hydrogen) atoms. The number of nitrogens with zero attached hydrogens (tertiary/aromatic N) is 1. The first kappa shape index (κ1) is 24.8. The minimum absolute atomic E-state index is 0.0777. The molecule has 2 fully saturated rings. The molecule has 1 aromatic rings. The summed E-state index contributed by atoms with van der Waals surface area (Å²) < 4.78 is 10.7. The number of ether oxygens (including phenoxy) is 2. The van der Waals surface area contributed by atoms with Crippen LogP contribution in [0, 0.1) is 0 Å². The maximum absolute atomic E-state index is 12.3. The van der Waals surface area contributed by atoms with Gasteiger partial charge in [0.2, 0.25) is 11.4 Å². The Morgan fingerprint density at radius 3 is 2.33 bits per heavy atom. The van der Waals surface area contributed by atoms with Crippen LogP contribution < -0.4 is 0 Å². The molecule has 1 aromatic carbocycles. The summed E-state index contributed by atoms with van der Waals surface area (Å²) in [7, 11) is 0. The molecule has 0 unspecified atom stereocenters. The zero-order chi connectivity index (χ0) is 23.8. The van der Waals surface area contributed by atoms with E-state index in [0.717, 1.165) is 32.1 Å². The van der Waals surface area contributed by atoms with Crippen LogP contribution >= 0.6 is 0 Å². The van der Waals surface area contributed by atoms with Crippen LogP contribution in [0.2, 0.25) is 0 Å². The van der Waals surface area contributed by atoms with Gasteiger partial charge in [0.1, 0.15) is 12.4 Å². The van der Waals surface area contributed by atoms with Crippen molar-refractivity contribution in [2.24, 2.45) is 0 Å². The molecule has 7 heteroatoms. The van der Waals surface area contributed by atoms with Gasteiger partial charge in [-0.15, -0.1) is 0 Å². The van der Waals surface area contributed by atoms with Crippen LogP contribution in [0.5, 0.6) is 0 Å². The van der Waals surface area contributed by atoms with E-state index in [1.807, 2.05) is 0 Å². The lowest BCUT2D eigenvalue weighted by Gasteiger charge is -2.40. The van der Waals surface area contributed by atoms with Gasteiger partial charge in [0.15, 0.2) is 6.23 Å². The highest BCUT2D eigenvalue weighted by Gasteiger charge is 2.64. The molecule has 0 aromatic heterocycles. The fourth-order valence-electron chi connectivity index (χ4n) is 4.63. The zero-order valence-electron chi connectivity index (χ0n) is 19.7. The lowest BCUT2D eigenvalue weighted by atomic mass is 9.86. The minimum Gasteiger partial charge on any atom is -0.479 e. The number of hydrogen-bond donors (Lipinski definition) is 1. The number of esters is 1. The molecule has 1 amide bonds. The molecule has 0 spiro atoms. The molecule has 7 nitrogen and oxygen atoms in total. The van der Waals surface area contributed by atoms with Gasteiger partial charge in [-0.05, 0) is 49.3 Å². The average molecular weight is 458 g/mol. The largest absolute Gasteiger partial charge is 0.479 e. The number of aliphatic carboxylic acids is 1. The molecule has 180 valence electrons. The second-order valence-corrected chi connectivity index (χ2v) is 8.91. The Balaban J connectivity index is 1.51. The van der Waals surface area contributed by atoms with Crippen molar-refractivity contribution in [3.63, 3.8) is 0 Å². The molecule has 0 aliphatic carbocycles. The summed E-state index contributed by atoms with van der Waals surface area (Å²) in [5, 5.41) is 10.1. The summed E-state index contributed by atoms with van der Waals surface area (Å²) in [6.45, 7) is 3.41. The van der Waals surface area contributed by atoms with Crippen LogP contribution in [-0.2, 0) is 36.7 Å². The number of β-lactam (4-membered cyclic amide) rings is 1. The standard InChI is InChI=1S/C26H35NO6/c1-3-4-9-20-11-13-21(14-12-20)10-7-5-6-8-16-26(25(30)31)22(15-17-32-19(2)28)33-24-18-23(29)27(24)26/h11-15,24H,3-10,16-18H2,1-2H3,(H,30,31)/b22-15-/t24-,26-/m1/s1. The fourth-order valence-corrected chi connectivity index (χ4v) is 4.63. The lowest BCUT2D eigenvalue weighted by Crippen LogP contribution is -2.62. The highest BCUT2D eigenvalue weighted by molar-refractivity contribution is 5.94. The second-order valence-electron chi connectivity index (χ2n) is 8.91. The van der Waals surface area contributed by atoms with Crippen LogP contribution in [0.3, 0.4) is 0 Å². The monoisotopic (exact) mass is 457 g/mol. The normalized spacial score (nSPS) is 22.6. The van der Waals surface area contributed by atoms with E-state index in [1.54, 1.807) is 0 Å². The van der Waals surface area contributed by atoms with Crippen LogP contribution in [0.1, 0.15) is 76.3 Å². The Hall–Kier alpha value is -2.83. The second kappa shape index (κ2) is 11.3. The SMILES string of the molecule is CCCCc1ccc(CCCCCC[C@]2(C(=O)O)/C(=C/COC(C)=O)O[C@@H]3CC(=O)N32)cc1. The van der Waals surface area contributed by atoms with Crippen molar-refractivity contribution in [3.05, 3.63) is 47.2 Å². The number of benzene rings is 1. The topological polar surface area (TPSA) is 93.1 Å². The first-order valence-electron chi connectivity index (χ1n) is 12.0. The quantitative estimate of drug-likeness (QED) is 0.268. The summed E-state index contributed by atoms with van der Waals surface area (Å²) in [6, 6.07) is 8.84. The number of carbonyl (C=O) groups excluding carboxylic acids is 2. The molecule has 2 saturated heterocycles. The first-order chi connectivity index (χ1) is 15.9. The zero-order valence-corrected chi connectivity index (χ0v) is 19.7. The highest BCUT2D eigenvalue weighted by Crippen LogP contribution is 2.47. The number of rotatable bonds is 13. The average Bonchev–Trinajstić information content (AvgIpc) is 3.03. The van der Waals surface area contributed by atoms with Gasteiger partial charge in [-0.3, -0.25) is 14.5 Å². The number of carbonyl (C=O) groups is 3. The third-order valence-corrected chi connectivity index (χ3v) is 6.49. The fraction of sp³-hybridized carbons (Fsp3) is 0.577. The van der Waals surface area contributed by atoms with Gasteiger partial charge in [-0.1, -0.05) is 56.9 Å². The number of fused-ring (bicyclic) bond motifs is 1. The molecule has 0 bridgehead atoms. The molecule has 2 atom stereocenters. The molecule has 2 aliphatic rings. The van der Waals surface area contributed by atoms with Crippen molar-refractivity contribution in [2.45, 2.75) is 89.8 Å². The van der Waals surface area contributed by atoms with Crippen LogP contribution in [-0.4, -0.2) is 46.2 Å². The maximum Gasteiger partial charge on any atom is 0.337 e. The van der Waals surface area contributed by atoms with Crippen LogP contribution in [0.25, 0.3) is 0 Å². The Morgan fingerprint density at radius 1 is 1.12 bits per heavy atom. The van der Waals surface area contributed by atoms with E-state index in [1.165, 1.54) is 41.9 Å². The Morgan fingerprint density at radius 2 is 1.76 bits per heavy atom. The summed E-state index contributed by atoms with van der Waals surface area (Å²) >= 11 is 0. The number of aryl methyl sites for hydroxylation is 2. The number of amides is 1. The van der Waals surface area contributed by atoms with Crippen molar-refractivity contribution in [2.75, 3.05) is 6.61 Å². The maximum atomic E-state index is 12.3. The molecule has 0 radical (unpaired) electrons. The number of carboxylic acid groups (broad SMARTS) is 1. The molecule has 0 saturated carbocycles. The van der Waals surface area contributed by atoms with Gasteiger partial charge in [-0.2, -0.15) is 0 Å². The summed E-state index contributed by atoms with van der Waals surface area (Å²) in [5.74, 6) is -1.58. The van der Waals surface area contributed by atoms with Gasteiger partial charge < -0.3 is 14.6 Å². The molecule has 2 heterocycles. The molecule has 2 aliphatic heterocycles. The lowest BCUT2D eigenvalue weighted by molar-refractivity contribution is -0.171. The van der Waals surface area contributed by atoms with Gasteiger partial charge in [-0.25, -0.2) is 4.79 Å². The van der Waals surface area contributed by atoms with E-state index < -0.39 is 23.7 Å². The van der Waals surface area contributed by atoms with Gasteiger partial charge in [0.05, 0.1) is 6.42 Å². The van der Waals surface area contributed by atoms with E-state index in [-0.39, 0.29) is 31.1 Å². The summed E-state index contributed by atoms with van der Waals surface area (Å²) in [4.78, 5) is 37.0. The van der Waals surface area contributed by atoms with E-state index in [2.05, 4.69) is 31.2 Å². The third kappa shape index (κ3) is 5.75. The van der Waals surface area contributed by atoms with E-state index >= 15 is 0 Å². The van der Waals surface area contributed by atoms with Gasteiger partial charge in [0, 0.05) is 6.92 Å². The van der Waals surface area contributed by atoms with Crippen molar-refractivity contribution < 1.29 is 29.0 Å². The Labute approximate surface area is 195 Å². The van der Waals surface area contributed by atoms with Crippen molar-refractivity contribution in [1.82, 2.24) is 4.90 Å². The molecule has 1 N–H and O–H groups in total.